The lowest BCUT2D eigenvalue weighted by molar-refractivity contribution is -0.122. The van der Waals surface area contributed by atoms with Crippen molar-refractivity contribution >= 4 is 16.7 Å². The minimum atomic E-state index is -0.813. The van der Waals surface area contributed by atoms with Crippen molar-refractivity contribution in [2.45, 2.75) is 19.3 Å². The Bertz CT molecular complexity index is 227. The van der Waals surface area contributed by atoms with Gasteiger partial charge in [0.1, 0.15) is 0 Å². The van der Waals surface area contributed by atoms with Gasteiger partial charge in [0.05, 0.1) is 0 Å². The molecule has 0 aliphatic carbocycles. The van der Waals surface area contributed by atoms with Crippen molar-refractivity contribution in [2.75, 3.05) is 31.6 Å². The van der Waals surface area contributed by atoms with E-state index in [9.17, 15) is 9.00 Å². The number of hydrogen-bond acceptors (Lipinski definition) is 3. The maximum Gasteiger partial charge on any atom is 0.220 e. The fraction of sp³-hybridized carbons (Fsp3) is 0.900. The highest BCUT2D eigenvalue weighted by atomic mass is 32.2. The molecular weight excluding hydrogens is 212 g/mol. The molecule has 2 N–H and O–H groups in total. The Hall–Kier alpha value is -0.420. The normalized spacial score (nSPS) is 19.8. The SMILES string of the molecule is CS(=O)CCNC(=O)CC1CCNCC1. The molecule has 0 aromatic carbocycles. The lowest BCUT2D eigenvalue weighted by Gasteiger charge is -2.21. The fourth-order valence-corrected chi connectivity index (χ4v) is 2.14. The largest absolute Gasteiger partial charge is 0.355 e. The first kappa shape index (κ1) is 12.6. The van der Waals surface area contributed by atoms with E-state index >= 15 is 0 Å². The van der Waals surface area contributed by atoms with E-state index in [1.54, 1.807) is 6.26 Å². The van der Waals surface area contributed by atoms with Gasteiger partial charge in [-0.05, 0) is 31.8 Å². The van der Waals surface area contributed by atoms with Gasteiger partial charge < -0.3 is 10.6 Å². The Balaban J connectivity index is 2.09. The number of amides is 1. The van der Waals surface area contributed by atoms with Gasteiger partial charge in [-0.25, -0.2) is 0 Å². The van der Waals surface area contributed by atoms with E-state index in [-0.39, 0.29) is 5.91 Å². The highest BCUT2D eigenvalue weighted by Crippen LogP contribution is 2.15. The van der Waals surface area contributed by atoms with Gasteiger partial charge in [0.2, 0.25) is 5.91 Å². The fourth-order valence-electron chi connectivity index (χ4n) is 1.75. The van der Waals surface area contributed by atoms with E-state index in [0.29, 0.717) is 24.6 Å². The zero-order valence-corrected chi connectivity index (χ0v) is 10.1. The lowest BCUT2D eigenvalue weighted by Crippen LogP contribution is -2.33. The molecular formula is C10H20N2O2S. The second-order valence-electron chi connectivity index (χ2n) is 4.02. The van der Waals surface area contributed by atoms with Gasteiger partial charge >= 0.3 is 0 Å². The van der Waals surface area contributed by atoms with Crippen molar-refractivity contribution in [3.05, 3.63) is 0 Å². The van der Waals surface area contributed by atoms with Crippen LogP contribution in [0.2, 0.25) is 0 Å². The molecule has 0 spiro atoms. The second-order valence-corrected chi connectivity index (χ2v) is 5.58. The molecule has 0 radical (unpaired) electrons. The van der Waals surface area contributed by atoms with Gasteiger partial charge in [-0.2, -0.15) is 0 Å². The first-order valence-corrected chi connectivity index (χ1v) is 7.18. The van der Waals surface area contributed by atoms with Gasteiger partial charge in [-0.1, -0.05) is 0 Å². The smallest absolute Gasteiger partial charge is 0.220 e. The summed E-state index contributed by atoms with van der Waals surface area (Å²) in [5.74, 6) is 1.18. The van der Waals surface area contributed by atoms with Crippen molar-refractivity contribution in [1.82, 2.24) is 10.6 Å². The van der Waals surface area contributed by atoms with Gasteiger partial charge in [0.25, 0.3) is 0 Å². The highest BCUT2D eigenvalue weighted by Gasteiger charge is 2.16. The molecule has 1 aliphatic rings. The third-order valence-electron chi connectivity index (χ3n) is 2.64. The Kier molecular flexibility index (Phi) is 5.86. The van der Waals surface area contributed by atoms with Crippen LogP contribution in [0.5, 0.6) is 0 Å². The molecule has 1 saturated heterocycles. The molecule has 1 rings (SSSR count). The van der Waals surface area contributed by atoms with E-state index in [2.05, 4.69) is 10.6 Å². The van der Waals surface area contributed by atoms with E-state index in [0.717, 1.165) is 25.9 Å². The lowest BCUT2D eigenvalue weighted by atomic mass is 9.94. The van der Waals surface area contributed by atoms with E-state index in [1.807, 2.05) is 0 Å². The summed E-state index contributed by atoms with van der Waals surface area (Å²) in [6, 6.07) is 0. The maximum atomic E-state index is 11.5. The average molecular weight is 232 g/mol. The van der Waals surface area contributed by atoms with Gasteiger partial charge in [0, 0.05) is 35.8 Å². The number of rotatable bonds is 5. The molecule has 1 fully saturated rings. The quantitative estimate of drug-likeness (QED) is 0.694. The second kappa shape index (κ2) is 6.95. The van der Waals surface area contributed by atoms with E-state index in [1.165, 1.54) is 0 Å². The van der Waals surface area contributed by atoms with Crippen LogP contribution in [0.3, 0.4) is 0 Å². The molecule has 1 amide bonds. The molecule has 0 aromatic rings. The maximum absolute atomic E-state index is 11.5. The summed E-state index contributed by atoms with van der Waals surface area (Å²) in [7, 11) is -0.813. The molecule has 1 unspecified atom stereocenters. The summed E-state index contributed by atoms with van der Waals surface area (Å²) in [5.41, 5.74) is 0. The summed E-state index contributed by atoms with van der Waals surface area (Å²) >= 11 is 0. The Labute approximate surface area is 93.7 Å². The zero-order valence-electron chi connectivity index (χ0n) is 9.25. The summed E-state index contributed by atoms with van der Waals surface area (Å²) in [6.45, 7) is 2.58. The van der Waals surface area contributed by atoms with Crippen molar-refractivity contribution < 1.29 is 9.00 Å². The van der Waals surface area contributed by atoms with Crippen LogP contribution in [-0.2, 0) is 15.6 Å². The Morgan fingerprint density at radius 3 is 2.73 bits per heavy atom. The molecule has 5 heteroatoms. The van der Waals surface area contributed by atoms with Crippen molar-refractivity contribution in [1.29, 1.82) is 0 Å². The van der Waals surface area contributed by atoms with Gasteiger partial charge in [0.15, 0.2) is 0 Å². The van der Waals surface area contributed by atoms with Crippen LogP contribution in [0, 0.1) is 5.92 Å². The van der Waals surface area contributed by atoms with Crippen LogP contribution in [0.25, 0.3) is 0 Å². The van der Waals surface area contributed by atoms with Gasteiger partial charge in [-0.15, -0.1) is 0 Å². The minimum absolute atomic E-state index is 0.104. The number of carbonyl (C=O) groups is 1. The number of carbonyl (C=O) groups excluding carboxylic acids is 1. The van der Waals surface area contributed by atoms with Crippen LogP contribution in [0.15, 0.2) is 0 Å². The molecule has 1 atom stereocenters. The third-order valence-corrected chi connectivity index (χ3v) is 3.42. The summed E-state index contributed by atoms with van der Waals surface area (Å²) in [5, 5.41) is 6.08. The van der Waals surface area contributed by atoms with Crippen LogP contribution < -0.4 is 10.6 Å². The van der Waals surface area contributed by atoms with E-state index in [4.69, 9.17) is 0 Å². The van der Waals surface area contributed by atoms with Crippen molar-refractivity contribution in [3.63, 3.8) is 0 Å². The molecule has 15 heavy (non-hydrogen) atoms. The number of piperidine rings is 1. The molecule has 1 aliphatic heterocycles. The van der Waals surface area contributed by atoms with Gasteiger partial charge in [-0.3, -0.25) is 9.00 Å². The monoisotopic (exact) mass is 232 g/mol. The minimum Gasteiger partial charge on any atom is -0.355 e. The predicted molar refractivity (Wildman–Crippen MR) is 62.2 cm³/mol. The van der Waals surface area contributed by atoms with Crippen LogP contribution in [0.4, 0.5) is 0 Å². The Morgan fingerprint density at radius 2 is 2.13 bits per heavy atom. The summed E-state index contributed by atoms with van der Waals surface area (Å²) in [4.78, 5) is 11.5. The standard InChI is InChI=1S/C10H20N2O2S/c1-15(14)7-6-12-10(13)8-9-2-4-11-5-3-9/h9,11H,2-8H2,1H3,(H,12,13). The Morgan fingerprint density at radius 1 is 1.47 bits per heavy atom. The molecule has 1 heterocycles. The topological polar surface area (TPSA) is 58.2 Å². The third kappa shape index (κ3) is 5.89. The molecule has 0 saturated carbocycles. The average Bonchev–Trinajstić information content (AvgIpc) is 2.18. The number of hydrogen-bond donors (Lipinski definition) is 2. The van der Waals surface area contributed by atoms with Crippen LogP contribution >= 0.6 is 0 Å². The summed E-state index contributed by atoms with van der Waals surface area (Å²) < 4.78 is 10.8. The summed E-state index contributed by atoms with van der Waals surface area (Å²) in [6.07, 6.45) is 4.46. The molecule has 0 aromatic heterocycles. The highest BCUT2D eigenvalue weighted by molar-refractivity contribution is 7.84. The first-order chi connectivity index (χ1) is 7.18. The number of nitrogens with one attached hydrogen (secondary N) is 2. The van der Waals surface area contributed by atoms with Crippen molar-refractivity contribution in [2.24, 2.45) is 5.92 Å². The molecule has 88 valence electrons. The van der Waals surface area contributed by atoms with Crippen LogP contribution in [-0.4, -0.2) is 41.8 Å². The zero-order chi connectivity index (χ0) is 11.1. The molecule has 4 nitrogen and oxygen atoms in total. The van der Waals surface area contributed by atoms with E-state index < -0.39 is 10.8 Å². The van der Waals surface area contributed by atoms with Crippen molar-refractivity contribution in [3.8, 4) is 0 Å². The molecule has 0 bridgehead atoms. The first-order valence-electron chi connectivity index (χ1n) is 5.46. The predicted octanol–water partition coefficient (Wildman–Crippen LogP) is -0.129. The van der Waals surface area contributed by atoms with Crippen LogP contribution in [0.1, 0.15) is 19.3 Å².